The first kappa shape index (κ1) is 12.7. The Bertz CT molecular complexity index is 358. The van der Waals surface area contributed by atoms with Crippen molar-refractivity contribution in [3.8, 4) is 0 Å². The van der Waals surface area contributed by atoms with E-state index in [1.165, 1.54) is 0 Å². The van der Waals surface area contributed by atoms with Gasteiger partial charge in [-0.05, 0) is 31.9 Å². The third-order valence-electron chi connectivity index (χ3n) is 2.33. The van der Waals surface area contributed by atoms with Crippen molar-refractivity contribution >= 4 is 5.97 Å². The number of carbonyl (C=O) groups is 1. The monoisotopic (exact) mass is 222 g/mol. The molecule has 0 saturated heterocycles. The van der Waals surface area contributed by atoms with Gasteiger partial charge >= 0.3 is 5.97 Å². The van der Waals surface area contributed by atoms with Crippen LogP contribution in [0.4, 0.5) is 0 Å². The molecule has 0 aliphatic rings. The molecule has 0 aliphatic heterocycles. The van der Waals surface area contributed by atoms with Crippen molar-refractivity contribution in [2.24, 2.45) is 0 Å². The van der Waals surface area contributed by atoms with Gasteiger partial charge in [-0.15, -0.1) is 0 Å². The van der Waals surface area contributed by atoms with Crippen LogP contribution in [0.15, 0.2) is 18.2 Å². The first-order valence-electron chi connectivity index (χ1n) is 5.56. The number of aryl methyl sites for hydroxylation is 2. The number of benzene rings is 1. The zero-order valence-electron chi connectivity index (χ0n) is 10.1. The SMILES string of the molecule is CCCCOOC(=O)c1cc(C)ccc1C. The molecule has 16 heavy (non-hydrogen) atoms. The van der Waals surface area contributed by atoms with Gasteiger partial charge < -0.3 is 0 Å². The Morgan fingerprint density at radius 1 is 1.31 bits per heavy atom. The van der Waals surface area contributed by atoms with E-state index in [9.17, 15) is 4.79 Å². The van der Waals surface area contributed by atoms with Gasteiger partial charge in [-0.3, -0.25) is 4.89 Å². The van der Waals surface area contributed by atoms with Gasteiger partial charge in [-0.1, -0.05) is 31.0 Å². The predicted molar refractivity (Wildman–Crippen MR) is 62.2 cm³/mol. The average molecular weight is 222 g/mol. The molecule has 88 valence electrons. The largest absolute Gasteiger partial charge is 0.373 e. The second kappa shape index (κ2) is 6.28. The fraction of sp³-hybridized carbons (Fsp3) is 0.462. The first-order valence-corrected chi connectivity index (χ1v) is 5.56. The van der Waals surface area contributed by atoms with Crippen LogP contribution in [0, 0.1) is 13.8 Å². The molecule has 3 heteroatoms. The fourth-order valence-electron chi connectivity index (χ4n) is 1.30. The van der Waals surface area contributed by atoms with Crippen molar-refractivity contribution in [3.63, 3.8) is 0 Å². The molecule has 0 amide bonds. The van der Waals surface area contributed by atoms with E-state index in [2.05, 4.69) is 6.92 Å². The summed E-state index contributed by atoms with van der Waals surface area (Å²) in [5, 5.41) is 0. The van der Waals surface area contributed by atoms with Crippen molar-refractivity contribution in [1.82, 2.24) is 0 Å². The molecule has 1 rings (SSSR count). The number of rotatable bonds is 5. The Morgan fingerprint density at radius 2 is 2.06 bits per heavy atom. The van der Waals surface area contributed by atoms with Crippen LogP contribution in [-0.2, 0) is 9.78 Å². The Kier molecular flexibility index (Phi) is 4.99. The molecule has 0 unspecified atom stereocenters. The summed E-state index contributed by atoms with van der Waals surface area (Å²) in [6.07, 6.45) is 1.90. The highest BCUT2D eigenvalue weighted by atomic mass is 17.2. The van der Waals surface area contributed by atoms with Crippen LogP contribution in [-0.4, -0.2) is 12.6 Å². The highest BCUT2D eigenvalue weighted by molar-refractivity contribution is 5.90. The van der Waals surface area contributed by atoms with E-state index in [4.69, 9.17) is 9.78 Å². The van der Waals surface area contributed by atoms with Gasteiger partial charge in [-0.2, -0.15) is 4.89 Å². The van der Waals surface area contributed by atoms with E-state index in [0.717, 1.165) is 24.0 Å². The smallest absolute Gasteiger partial charge is 0.293 e. The van der Waals surface area contributed by atoms with E-state index in [1.54, 1.807) is 6.07 Å². The lowest BCUT2D eigenvalue weighted by atomic mass is 10.1. The van der Waals surface area contributed by atoms with Crippen molar-refractivity contribution in [1.29, 1.82) is 0 Å². The maximum absolute atomic E-state index is 11.6. The van der Waals surface area contributed by atoms with Gasteiger partial charge in [0.25, 0.3) is 0 Å². The third-order valence-corrected chi connectivity index (χ3v) is 2.33. The molecule has 0 bridgehead atoms. The van der Waals surface area contributed by atoms with Crippen molar-refractivity contribution < 1.29 is 14.6 Å². The van der Waals surface area contributed by atoms with Gasteiger partial charge in [-0.25, -0.2) is 4.79 Å². The Labute approximate surface area is 96.3 Å². The summed E-state index contributed by atoms with van der Waals surface area (Å²) in [7, 11) is 0. The van der Waals surface area contributed by atoms with E-state index in [1.807, 2.05) is 26.0 Å². The first-order chi connectivity index (χ1) is 7.65. The van der Waals surface area contributed by atoms with E-state index in [0.29, 0.717) is 12.2 Å². The second-order valence-corrected chi connectivity index (χ2v) is 3.86. The molecule has 0 spiro atoms. The Balaban J connectivity index is 2.55. The molecule has 0 aliphatic carbocycles. The zero-order valence-corrected chi connectivity index (χ0v) is 10.1. The van der Waals surface area contributed by atoms with Gasteiger partial charge in [0.15, 0.2) is 0 Å². The third kappa shape index (κ3) is 3.66. The van der Waals surface area contributed by atoms with Crippen LogP contribution in [0.5, 0.6) is 0 Å². The summed E-state index contributed by atoms with van der Waals surface area (Å²) in [5.41, 5.74) is 2.50. The second-order valence-electron chi connectivity index (χ2n) is 3.86. The normalized spacial score (nSPS) is 10.2. The molecular weight excluding hydrogens is 204 g/mol. The summed E-state index contributed by atoms with van der Waals surface area (Å²) in [6, 6.07) is 5.67. The fourth-order valence-corrected chi connectivity index (χ4v) is 1.30. The zero-order chi connectivity index (χ0) is 12.0. The van der Waals surface area contributed by atoms with Crippen LogP contribution in [0.3, 0.4) is 0 Å². The van der Waals surface area contributed by atoms with Gasteiger partial charge in [0, 0.05) is 0 Å². The van der Waals surface area contributed by atoms with Crippen LogP contribution in [0.25, 0.3) is 0 Å². The molecule has 0 aromatic heterocycles. The van der Waals surface area contributed by atoms with Gasteiger partial charge in [0.2, 0.25) is 0 Å². The highest BCUT2D eigenvalue weighted by Crippen LogP contribution is 2.12. The summed E-state index contributed by atoms with van der Waals surface area (Å²) < 4.78 is 0. The molecule has 0 saturated carbocycles. The molecule has 1 aromatic carbocycles. The molecule has 0 N–H and O–H groups in total. The minimum absolute atomic E-state index is 0.419. The lowest BCUT2D eigenvalue weighted by Gasteiger charge is -2.06. The predicted octanol–water partition coefficient (Wildman–Crippen LogP) is 3.19. The van der Waals surface area contributed by atoms with E-state index >= 15 is 0 Å². The highest BCUT2D eigenvalue weighted by Gasteiger charge is 2.11. The minimum Gasteiger partial charge on any atom is -0.293 e. The quantitative estimate of drug-likeness (QED) is 0.436. The van der Waals surface area contributed by atoms with Gasteiger partial charge in [0.05, 0.1) is 12.2 Å². The van der Waals surface area contributed by atoms with Crippen molar-refractivity contribution in [3.05, 3.63) is 34.9 Å². The maximum Gasteiger partial charge on any atom is 0.373 e. The van der Waals surface area contributed by atoms with Crippen LogP contribution in [0.1, 0.15) is 41.3 Å². The summed E-state index contributed by atoms with van der Waals surface area (Å²) >= 11 is 0. The molecular formula is C13H18O3. The lowest BCUT2D eigenvalue weighted by Crippen LogP contribution is -2.08. The molecule has 0 radical (unpaired) electrons. The van der Waals surface area contributed by atoms with Crippen molar-refractivity contribution in [2.45, 2.75) is 33.6 Å². The van der Waals surface area contributed by atoms with Gasteiger partial charge in [0.1, 0.15) is 0 Å². The van der Waals surface area contributed by atoms with Crippen LogP contribution >= 0.6 is 0 Å². The number of hydrogen-bond acceptors (Lipinski definition) is 3. The Hall–Kier alpha value is -1.35. The van der Waals surface area contributed by atoms with Crippen molar-refractivity contribution in [2.75, 3.05) is 6.61 Å². The molecule has 1 aromatic rings. The summed E-state index contributed by atoms with van der Waals surface area (Å²) in [4.78, 5) is 21.2. The molecule has 3 nitrogen and oxygen atoms in total. The number of hydrogen-bond donors (Lipinski definition) is 0. The number of carbonyl (C=O) groups excluding carboxylic acids is 1. The average Bonchev–Trinajstić information content (AvgIpc) is 2.27. The Morgan fingerprint density at radius 3 is 2.75 bits per heavy atom. The van der Waals surface area contributed by atoms with Crippen LogP contribution in [0.2, 0.25) is 0 Å². The summed E-state index contributed by atoms with van der Waals surface area (Å²) in [6.45, 7) is 6.32. The summed E-state index contributed by atoms with van der Waals surface area (Å²) in [5.74, 6) is -0.419. The molecule has 0 fully saturated rings. The lowest BCUT2D eigenvalue weighted by molar-refractivity contribution is -0.241. The number of unbranched alkanes of at least 4 members (excludes halogenated alkanes) is 1. The topological polar surface area (TPSA) is 35.5 Å². The van der Waals surface area contributed by atoms with Crippen LogP contribution < -0.4 is 0 Å². The minimum atomic E-state index is -0.419. The maximum atomic E-state index is 11.6. The standard InChI is InChI=1S/C13H18O3/c1-4-5-8-15-16-13(14)12-9-10(2)6-7-11(12)3/h6-7,9H,4-5,8H2,1-3H3. The van der Waals surface area contributed by atoms with E-state index in [-0.39, 0.29) is 0 Å². The molecule has 0 atom stereocenters. The molecule has 0 heterocycles. The van der Waals surface area contributed by atoms with E-state index < -0.39 is 5.97 Å².